The first kappa shape index (κ1) is 33.4. The number of fused-ring (bicyclic) bond motifs is 2. The number of rotatable bonds is 7. The Bertz CT molecular complexity index is 2230. The first-order valence-electron chi connectivity index (χ1n) is 14.7. The van der Waals surface area contributed by atoms with Crippen LogP contribution in [0.25, 0.3) is 21.9 Å². The second-order valence-electron chi connectivity index (χ2n) is 11.5. The number of carboxylic acid groups (broad SMARTS) is 1. The number of aromatic nitrogens is 1. The van der Waals surface area contributed by atoms with Crippen molar-refractivity contribution in [2.24, 2.45) is 0 Å². The Kier molecular flexibility index (Phi) is 8.73. The van der Waals surface area contributed by atoms with Crippen LogP contribution in [0, 0.1) is 0 Å². The summed E-state index contributed by atoms with van der Waals surface area (Å²) >= 11 is 3.33. The van der Waals surface area contributed by atoms with Crippen molar-refractivity contribution in [1.29, 1.82) is 0 Å². The number of methoxy groups -OCH3 is 1. The van der Waals surface area contributed by atoms with Crippen LogP contribution in [0.2, 0.25) is 0 Å². The molecule has 8 nitrogen and oxygen atoms in total. The molecule has 13 heteroatoms. The van der Waals surface area contributed by atoms with E-state index in [2.05, 4.69) is 15.9 Å². The number of halogens is 4. The molecule has 0 bridgehead atoms. The highest BCUT2D eigenvalue weighted by Gasteiger charge is 2.48. The zero-order valence-corrected chi connectivity index (χ0v) is 27.9. The van der Waals surface area contributed by atoms with Gasteiger partial charge in [-0.05, 0) is 80.1 Å². The summed E-state index contributed by atoms with van der Waals surface area (Å²) in [6, 6.07) is 20.5. The number of benzene rings is 4. The monoisotopic (exact) mass is 740 g/mol. The molecule has 5 aromatic rings. The van der Waals surface area contributed by atoms with Gasteiger partial charge in [-0.1, -0.05) is 66.7 Å². The molecule has 0 spiro atoms. The quantitative estimate of drug-likeness (QED) is 0.188. The largest absolute Gasteiger partial charge is 0.497 e. The molecule has 2 unspecified atom stereocenters. The van der Waals surface area contributed by atoms with E-state index in [1.165, 1.54) is 20.1 Å². The average Bonchev–Trinajstić information content (AvgIpc) is 3.05. The molecule has 0 aliphatic carbocycles. The van der Waals surface area contributed by atoms with Gasteiger partial charge in [0.25, 0.3) is 15.6 Å². The smallest absolute Gasteiger partial charge is 0.416 e. The van der Waals surface area contributed by atoms with E-state index in [1.807, 2.05) is 30.3 Å². The Hall–Kier alpha value is -4.46. The van der Waals surface area contributed by atoms with E-state index < -0.39 is 50.4 Å². The van der Waals surface area contributed by atoms with Crippen LogP contribution in [0.15, 0.2) is 105 Å². The van der Waals surface area contributed by atoms with E-state index in [0.29, 0.717) is 21.4 Å². The van der Waals surface area contributed by atoms with Gasteiger partial charge < -0.3 is 9.84 Å². The Morgan fingerprint density at radius 1 is 0.979 bits per heavy atom. The summed E-state index contributed by atoms with van der Waals surface area (Å²) in [4.78, 5) is 27.0. The van der Waals surface area contributed by atoms with Crippen LogP contribution >= 0.6 is 15.9 Å². The fraction of sp³-hybridized carbons (Fsp3) is 0.200. The molecule has 1 aromatic heterocycles. The molecule has 6 rings (SSSR count). The van der Waals surface area contributed by atoms with Crippen molar-refractivity contribution < 1.29 is 36.2 Å². The molecule has 0 saturated heterocycles. The highest BCUT2D eigenvalue weighted by atomic mass is 79.9. The van der Waals surface area contributed by atoms with Crippen molar-refractivity contribution in [3.63, 3.8) is 0 Å². The summed E-state index contributed by atoms with van der Waals surface area (Å²) in [6.45, 7) is 1.11. The van der Waals surface area contributed by atoms with Crippen molar-refractivity contribution in [2.75, 3.05) is 7.11 Å². The number of nitrogens with zero attached hydrogens (tertiary/aromatic N) is 2. The lowest BCUT2D eigenvalue weighted by Crippen LogP contribution is -2.54. The lowest BCUT2D eigenvalue weighted by molar-refractivity contribution is -0.143. The lowest BCUT2D eigenvalue weighted by atomic mass is 9.92. The Morgan fingerprint density at radius 3 is 2.31 bits per heavy atom. The minimum atomic E-state index is -4.77. The summed E-state index contributed by atoms with van der Waals surface area (Å²) in [5, 5.41) is 11.4. The van der Waals surface area contributed by atoms with Gasteiger partial charge in [-0.3, -0.25) is 9.36 Å². The third-order valence-electron chi connectivity index (χ3n) is 8.62. The maximum absolute atomic E-state index is 14.8. The third kappa shape index (κ3) is 5.80. The molecule has 0 fully saturated rings. The van der Waals surface area contributed by atoms with Crippen molar-refractivity contribution in [2.45, 2.75) is 43.2 Å². The summed E-state index contributed by atoms with van der Waals surface area (Å²) in [5.74, 6) is -0.965. The minimum absolute atomic E-state index is 0.0577. The van der Waals surface area contributed by atoms with Crippen LogP contribution in [-0.4, -0.2) is 41.5 Å². The lowest BCUT2D eigenvalue weighted by Gasteiger charge is -2.40. The Morgan fingerprint density at radius 2 is 1.65 bits per heavy atom. The Labute approximate surface area is 282 Å². The van der Waals surface area contributed by atoms with Gasteiger partial charge >= 0.3 is 12.1 Å². The van der Waals surface area contributed by atoms with E-state index in [0.717, 1.165) is 33.3 Å². The van der Waals surface area contributed by atoms with Gasteiger partial charge in [-0.2, -0.15) is 17.5 Å². The standard InChI is InChI=1S/C35H28BrF3N2O6S/c1-20-31(34(43)44)41-32(42)30(36)28(18-23-9-5-8-22-7-3-4-12-27(22)23)29(24-10-6-11-25(17-24)35(37,38)39)33(41)48(45,46)40(20)19-21-13-15-26(47-2)16-14-21/h3-17,20,31H,18-19H2,1-2H3,(H,43,44). The summed E-state index contributed by atoms with van der Waals surface area (Å²) < 4.78 is 78.4. The SMILES string of the molecule is COc1ccc(CN2C(C)C(C(=O)O)n3c(c(-c4cccc(C(F)(F)F)c4)c(Cc4cccc5ccccc45)c(Br)c3=O)S2(=O)=O)cc1. The van der Waals surface area contributed by atoms with Gasteiger partial charge in [-0.25, -0.2) is 13.2 Å². The summed E-state index contributed by atoms with van der Waals surface area (Å²) in [6.07, 6.45) is -4.83. The number of hydrogen-bond donors (Lipinski definition) is 1. The second kappa shape index (κ2) is 12.5. The molecule has 248 valence electrons. The van der Waals surface area contributed by atoms with Crippen LogP contribution < -0.4 is 10.3 Å². The fourth-order valence-electron chi connectivity index (χ4n) is 6.30. The van der Waals surface area contributed by atoms with Gasteiger partial charge in [0.15, 0.2) is 11.1 Å². The van der Waals surface area contributed by atoms with Crippen LogP contribution in [0.5, 0.6) is 5.75 Å². The maximum atomic E-state index is 14.8. The summed E-state index contributed by atoms with van der Waals surface area (Å²) in [5.41, 5.74) is -1.02. The van der Waals surface area contributed by atoms with Crippen LogP contribution in [0.3, 0.4) is 0 Å². The molecule has 2 atom stereocenters. The zero-order chi connectivity index (χ0) is 34.5. The van der Waals surface area contributed by atoms with E-state index in [1.54, 1.807) is 36.4 Å². The minimum Gasteiger partial charge on any atom is -0.497 e. The topological polar surface area (TPSA) is 106 Å². The van der Waals surface area contributed by atoms with Crippen molar-refractivity contribution in [3.05, 3.63) is 128 Å². The van der Waals surface area contributed by atoms with E-state index >= 15 is 0 Å². The van der Waals surface area contributed by atoms with Gasteiger partial charge in [-0.15, -0.1) is 0 Å². The first-order chi connectivity index (χ1) is 22.7. The predicted octanol–water partition coefficient (Wildman–Crippen LogP) is 7.27. The first-order valence-corrected chi connectivity index (χ1v) is 17.0. The highest BCUT2D eigenvalue weighted by molar-refractivity contribution is 9.10. The molecule has 48 heavy (non-hydrogen) atoms. The van der Waals surface area contributed by atoms with Gasteiger partial charge in [0, 0.05) is 18.5 Å². The van der Waals surface area contributed by atoms with Crippen molar-refractivity contribution in [1.82, 2.24) is 8.87 Å². The molecular formula is C35H28BrF3N2O6S. The van der Waals surface area contributed by atoms with E-state index in [4.69, 9.17) is 4.74 Å². The molecule has 2 heterocycles. The predicted molar refractivity (Wildman–Crippen MR) is 177 cm³/mol. The average molecular weight is 742 g/mol. The number of aliphatic carboxylic acids is 1. The number of pyridine rings is 1. The third-order valence-corrected chi connectivity index (χ3v) is 11.4. The summed E-state index contributed by atoms with van der Waals surface area (Å²) in [7, 11) is -3.26. The van der Waals surface area contributed by atoms with Gasteiger partial charge in [0.1, 0.15) is 5.75 Å². The Balaban J connectivity index is 1.69. The normalized spacial score (nSPS) is 17.6. The number of sulfonamides is 1. The van der Waals surface area contributed by atoms with Crippen molar-refractivity contribution in [3.8, 4) is 16.9 Å². The molecular weight excluding hydrogens is 713 g/mol. The molecule has 0 radical (unpaired) electrons. The number of alkyl halides is 3. The van der Waals surface area contributed by atoms with E-state index in [9.17, 15) is 36.3 Å². The molecule has 1 aliphatic rings. The molecule has 0 saturated carbocycles. The second-order valence-corrected chi connectivity index (χ2v) is 14.1. The van der Waals surface area contributed by atoms with E-state index in [-0.39, 0.29) is 34.1 Å². The highest BCUT2D eigenvalue weighted by Crippen LogP contribution is 2.44. The number of carbonyl (C=O) groups is 1. The zero-order valence-electron chi connectivity index (χ0n) is 25.5. The van der Waals surface area contributed by atoms with Crippen LogP contribution in [0.1, 0.15) is 35.2 Å². The molecule has 1 aliphatic heterocycles. The number of ether oxygens (including phenoxy) is 1. The maximum Gasteiger partial charge on any atom is 0.416 e. The molecule has 1 N–H and O–H groups in total. The van der Waals surface area contributed by atoms with Crippen molar-refractivity contribution >= 4 is 42.7 Å². The van der Waals surface area contributed by atoms with Gasteiger partial charge in [0.2, 0.25) is 0 Å². The number of carboxylic acids is 1. The fourth-order valence-corrected chi connectivity index (χ4v) is 8.87. The van der Waals surface area contributed by atoms with Crippen LogP contribution in [-0.2, 0) is 34.0 Å². The molecule has 0 amide bonds. The van der Waals surface area contributed by atoms with Gasteiger partial charge in [0.05, 0.1) is 23.2 Å². The number of hydrogen-bond acceptors (Lipinski definition) is 5. The molecule has 4 aromatic carbocycles. The van der Waals surface area contributed by atoms with Crippen LogP contribution in [0.4, 0.5) is 13.2 Å².